The topological polar surface area (TPSA) is 0 Å². The summed E-state index contributed by atoms with van der Waals surface area (Å²) in [5, 5.41) is 2.94. The van der Waals surface area contributed by atoms with Crippen LogP contribution in [0, 0.1) is 0 Å². The SMILES string of the molecule is C[P+](Cc1ccccc1)(c1ccccc1)c1ccccc1.[Cl-]. The minimum atomic E-state index is -1.40. The van der Waals surface area contributed by atoms with Crippen LogP contribution in [0.4, 0.5) is 0 Å². The first-order valence-corrected chi connectivity index (χ1v) is 9.72. The minimum absolute atomic E-state index is 0. The van der Waals surface area contributed by atoms with Crippen LogP contribution >= 0.6 is 7.26 Å². The van der Waals surface area contributed by atoms with Gasteiger partial charge in [0.1, 0.15) is 0 Å². The van der Waals surface area contributed by atoms with Crippen LogP contribution in [-0.4, -0.2) is 6.66 Å². The lowest BCUT2D eigenvalue weighted by atomic mass is 10.2. The van der Waals surface area contributed by atoms with Gasteiger partial charge in [0.25, 0.3) is 0 Å². The van der Waals surface area contributed by atoms with Gasteiger partial charge in [-0.1, -0.05) is 66.7 Å². The fourth-order valence-electron chi connectivity index (χ4n) is 2.79. The molecule has 0 fully saturated rings. The predicted octanol–water partition coefficient (Wildman–Crippen LogP) is 1.49. The lowest BCUT2D eigenvalue weighted by Crippen LogP contribution is -3.00. The normalized spacial score (nSPS) is 10.8. The second kappa shape index (κ2) is 7.58. The summed E-state index contributed by atoms with van der Waals surface area (Å²) < 4.78 is 0. The van der Waals surface area contributed by atoms with Gasteiger partial charge in [-0.05, 0) is 29.8 Å². The Kier molecular flexibility index (Phi) is 5.77. The molecule has 0 atom stereocenters. The van der Waals surface area contributed by atoms with Gasteiger partial charge in [0.05, 0.1) is 30.7 Å². The maximum atomic E-state index is 2.45. The molecule has 0 N–H and O–H groups in total. The van der Waals surface area contributed by atoms with E-state index in [0.29, 0.717) is 0 Å². The number of hydrogen-bond acceptors (Lipinski definition) is 0. The summed E-state index contributed by atoms with van der Waals surface area (Å²) in [6.45, 7) is 2.45. The first kappa shape index (κ1) is 16.7. The van der Waals surface area contributed by atoms with Crippen LogP contribution in [0.2, 0.25) is 0 Å². The van der Waals surface area contributed by atoms with Gasteiger partial charge in [0, 0.05) is 0 Å². The summed E-state index contributed by atoms with van der Waals surface area (Å²) in [4.78, 5) is 0. The second-order valence-corrected chi connectivity index (χ2v) is 9.24. The number of hydrogen-bond donors (Lipinski definition) is 0. The maximum absolute atomic E-state index is 2.45. The van der Waals surface area contributed by atoms with E-state index in [2.05, 4.69) is 97.7 Å². The second-order valence-electron chi connectivity index (χ2n) is 5.51. The molecule has 2 heteroatoms. The van der Waals surface area contributed by atoms with E-state index in [4.69, 9.17) is 0 Å². The molecule has 0 saturated carbocycles. The molecule has 0 nitrogen and oxygen atoms in total. The zero-order valence-electron chi connectivity index (χ0n) is 12.7. The monoisotopic (exact) mass is 326 g/mol. The van der Waals surface area contributed by atoms with Crippen LogP contribution in [0.3, 0.4) is 0 Å². The highest BCUT2D eigenvalue weighted by Gasteiger charge is 2.37. The van der Waals surface area contributed by atoms with Crippen LogP contribution < -0.4 is 23.0 Å². The Morgan fingerprint density at radius 3 is 1.36 bits per heavy atom. The molecule has 3 aromatic carbocycles. The largest absolute Gasteiger partial charge is 1.00 e. The average Bonchev–Trinajstić information content (AvgIpc) is 2.57. The van der Waals surface area contributed by atoms with Crippen molar-refractivity contribution in [1.82, 2.24) is 0 Å². The van der Waals surface area contributed by atoms with Crippen molar-refractivity contribution in [2.45, 2.75) is 6.16 Å². The summed E-state index contributed by atoms with van der Waals surface area (Å²) in [6.07, 6.45) is 1.11. The van der Waals surface area contributed by atoms with Crippen molar-refractivity contribution in [2.75, 3.05) is 6.66 Å². The molecular formula is C20H20ClP. The van der Waals surface area contributed by atoms with Crippen molar-refractivity contribution in [1.29, 1.82) is 0 Å². The smallest absolute Gasteiger partial charge is 0.0992 e. The highest BCUT2D eigenvalue weighted by molar-refractivity contribution is 7.88. The lowest BCUT2D eigenvalue weighted by Gasteiger charge is -2.23. The van der Waals surface area contributed by atoms with Gasteiger partial charge in [-0.25, -0.2) is 0 Å². The van der Waals surface area contributed by atoms with Crippen LogP contribution in [-0.2, 0) is 6.16 Å². The molecule has 3 aromatic rings. The third-order valence-corrected chi connectivity index (χ3v) is 7.87. The molecule has 3 rings (SSSR count). The Balaban J connectivity index is 0.00000176. The van der Waals surface area contributed by atoms with Gasteiger partial charge in [-0.3, -0.25) is 0 Å². The summed E-state index contributed by atoms with van der Waals surface area (Å²) in [6, 6.07) is 32.8. The summed E-state index contributed by atoms with van der Waals surface area (Å²) in [5.41, 5.74) is 1.42. The van der Waals surface area contributed by atoms with Crippen LogP contribution in [0.25, 0.3) is 0 Å². The van der Waals surface area contributed by atoms with Gasteiger partial charge in [0.15, 0.2) is 0 Å². The van der Waals surface area contributed by atoms with E-state index in [1.807, 2.05) is 0 Å². The van der Waals surface area contributed by atoms with E-state index in [1.165, 1.54) is 16.2 Å². The minimum Gasteiger partial charge on any atom is -1.00 e. The average molecular weight is 327 g/mol. The van der Waals surface area contributed by atoms with Crippen molar-refractivity contribution in [2.24, 2.45) is 0 Å². The highest BCUT2D eigenvalue weighted by atomic mass is 35.5. The molecule has 112 valence electrons. The van der Waals surface area contributed by atoms with Crippen LogP contribution in [0.1, 0.15) is 5.56 Å². The molecule has 0 unspecified atom stereocenters. The zero-order valence-corrected chi connectivity index (χ0v) is 14.3. The fraction of sp³-hybridized carbons (Fsp3) is 0.100. The van der Waals surface area contributed by atoms with E-state index in [0.717, 1.165) is 6.16 Å². The summed E-state index contributed by atoms with van der Waals surface area (Å²) in [7, 11) is -1.40. The Labute approximate surface area is 140 Å². The molecule has 0 spiro atoms. The van der Waals surface area contributed by atoms with Gasteiger partial charge < -0.3 is 12.4 Å². The lowest BCUT2D eigenvalue weighted by molar-refractivity contribution is -0.00000421. The molecule has 0 radical (unpaired) electrons. The third kappa shape index (κ3) is 3.58. The number of halogens is 1. The molecule has 0 heterocycles. The van der Waals surface area contributed by atoms with Gasteiger partial charge >= 0.3 is 0 Å². The maximum Gasteiger partial charge on any atom is 0.0992 e. The quantitative estimate of drug-likeness (QED) is 0.637. The zero-order chi connectivity index (χ0) is 14.5. The summed E-state index contributed by atoms with van der Waals surface area (Å²) >= 11 is 0. The van der Waals surface area contributed by atoms with Crippen molar-refractivity contribution in [3.8, 4) is 0 Å². The van der Waals surface area contributed by atoms with E-state index >= 15 is 0 Å². The molecule has 0 aliphatic carbocycles. The third-order valence-electron chi connectivity index (χ3n) is 3.99. The standard InChI is InChI=1S/C20H20P.ClH/c1-21(19-13-7-3-8-14-19,20-15-9-4-10-16-20)17-18-11-5-2-6-12-18;/h2-16H,17H2,1H3;1H/q+1;/p-1. The number of benzene rings is 3. The highest BCUT2D eigenvalue weighted by Crippen LogP contribution is 2.55. The van der Waals surface area contributed by atoms with Crippen molar-refractivity contribution < 1.29 is 12.4 Å². The van der Waals surface area contributed by atoms with Crippen molar-refractivity contribution >= 4 is 17.9 Å². The van der Waals surface area contributed by atoms with Gasteiger partial charge in [-0.15, -0.1) is 0 Å². The van der Waals surface area contributed by atoms with Gasteiger partial charge in [0.2, 0.25) is 0 Å². The molecule has 0 aliphatic heterocycles. The van der Waals surface area contributed by atoms with Gasteiger partial charge in [-0.2, -0.15) is 0 Å². The Bertz CT molecular complexity index is 641. The molecule has 0 aliphatic rings. The first-order valence-electron chi connectivity index (χ1n) is 7.30. The Morgan fingerprint density at radius 2 is 0.955 bits per heavy atom. The van der Waals surface area contributed by atoms with Crippen LogP contribution in [0.5, 0.6) is 0 Å². The van der Waals surface area contributed by atoms with Crippen molar-refractivity contribution in [3.63, 3.8) is 0 Å². The first-order chi connectivity index (χ1) is 10.3. The van der Waals surface area contributed by atoms with E-state index in [1.54, 1.807) is 0 Å². The summed E-state index contributed by atoms with van der Waals surface area (Å²) in [5.74, 6) is 0. The van der Waals surface area contributed by atoms with E-state index in [9.17, 15) is 0 Å². The fourth-order valence-corrected chi connectivity index (χ4v) is 6.06. The van der Waals surface area contributed by atoms with E-state index < -0.39 is 7.26 Å². The molecule has 0 amide bonds. The number of rotatable bonds is 4. The van der Waals surface area contributed by atoms with Crippen molar-refractivity contribution in [3.05, 3.63) is 96.6 Å². The molecule has 0 saturated heterocycles. The van der Waals surface area contributed by atoms with E-state index in [-0.39, 0.29) is 12.4 Å². The predicted molar refractivity (Wildman–Crippen MR) is 95.1 cm³/mol. The molecule has 0 bridgehead atoms. The molecular weight excluding hydrogens is 307 g/mol. The Hall–Kier alpha value is -1.62. The Morgan fingerprint density at radius 1 is 0.591 bits per heavy atom. The van der Waals surface area contributed by atoms with Crippen LogP contribution in [0.15, 0.2) is 91.0 Å². The molecule has 0 aromatic heterocycles. The molecule has 22 heavy (non-hydrogen) atoms.